The molecule has 0 spiro atoms. The summed E-state index contributed by atoms with van der Waals surface area (Å²) < 4.78 is 78.9. The molecule has 0 unspecified atom stereocenters. The third-order valence-electron chi connectivity index (χ3n) is 18.3. The third kappa shape index (κ3) is 15.7. The summed E-state index contributed by atoms with van der Waals surface area (Å²) in [5, 5.41) is 2.56. The number of para-hydroxylation sites is 3. The van der Waals surface area contributed by atoms with E-state index in [1.165, 1.54) is 77.4 Å². The van der Waals surface area contributed by atoms with Crippen molar-refractivity contribution in [3.63, 3.8) is 0 Å². The van der Waals surface area contributed by atoms with Crippen LogP contribution < -0.4 is 23.3 Å². The first-order valence-corrected chi connectivity index (χ1v) is 34.4. The van der Waals surface area contributed by atoms with E-state index in [0.29, 0.717) is 23.2 Å². The number of hydrogen-bond acceptors (Lipinski definition) is 5. The molecule has 2 radical (unpaired) electrons. The molecule has 0 aliphatic carbocycles. The summed E-state index contributed by atoms with van der Waals surface area (Å²) in [6.45, 7) is 17.0. The van der Waals surface area contributed by atoms with Crippen LogP contribution in [-0.2, 0) is 59.8 Å². The average Bonchev–Trinajstić information content (AvgIpc) is 1.58. The summed E-state index contributed by atoms with van der Waals surface area (Å²) in [5.41, 5.74) is 18.3. The Labute approximate surface area is 654 Å². The van der Waals surface area contributed by atoms with Crippen molar-refractivity contribution < 1.29 is 69.6 Å². The Kier molecular flexibility index (Phi) is 19.7. The molecule has 12 heteroatoms. The molecule has 5 aromatic heterocycles. The number of allylic oxidation sites excluding steroid dienone is 4. The molecule has 105 heavy (non-hydrogen) atoms. The second-order valence-electron chi connectivity index (χ2n) is 25.6. The van der Waals surface area contributed by atoms with Gasteiger partial charge in [0.1, 0.15) is 50.6 Å². The molecule has 10 nitrogen and oxygen atoms in total. The first-order chi connectivity index (χ1) is 54.0. The zero-order chi connectivity index (χ0) is 77.0. The van der Waals surface area contributed by atoms with Crippen LogP contribution in [0.3, 0.4) is 0 Å². The zero-order valence-corrected chi connectivity index (χ0v) is 63.1. The zero-order valence-electron chi connectivity index (χ0n) is 66.3. The number of benzene rings is 9. The molecular weight excluding hydrogens is 1640 g/mol. The maximum atomic E-state index is 7.98. The molecule has 9 aromatic carbocycles. The van der Waals surface area contributed by atoms with Crippen LogP contribution in [0, 0.1) is 24.9 Å². The Morgan fingerprint density at radius 3 is 1.85 bits per heavy atom. The molecule has 11 heterocycles. The van der Waals surface area contributed by atoms with Crippen LogP contribution in [0.25, 0.3) is 73.0 Å². The maximum absolute atomic E-state index is 7.98. The second kappa shape index (κ2) is 33.3. The van der Waals surface area contributed by atoms with Gasteiger partial charge in [0.2, 0.25) is 5.69 Å². The van der Waals surface area contributed by atoms with Crippen molar-refractivity contribution in [2.75, 3.05) is 4.90 Å². The monoisotopic (exact) mass is 1730 g/mol. The van der Waals surface area contributed by atoms with Crippen molar-refractivity contribution in [1.29, 1.82) is 0 Å². The summed E-state index contributed by atoms with van der Waals surface area (Å²) in [6.07, 6.45) is 25.6. The van der Waals surface area contributed by atoms with E-state index in [4.69, 9.17) is 15.7 Å². The van der Waals surface area contributed by atoms with E-state index in [0.717, 1.165) is 52.6 Å². The molecule has 6 aliphatic rings. The van der Waals surface area contributed by atoms with Gasteiger partial charge in [-0.3, -0.25) is 4.98 Å². The summed E-state index contributed by atoms with van der Waals surface area (Å²) in [4.78, 5) is 12.7. The summed E-state index contributed by atoms with van der Waals surface area (Å²) >= 11 is 0. The van der Waals surface area contributed by atoms with Gasteiger partial charge >= 0.3 is 0 Å². The molecule has 6 aliphatic heterocycles. The summed E-state index contributed by atoms with van der Waals surface area (Å²) in [7, 11) is 0. The SMILES string of the molecule is C=C1Oc2ccccc2[C-]=C1c1ccccn1.CC(C)c1cccc(C(C)C)c1-n1cc[n+]2c1-c1ccccc1C2.[2H]c1c([2H])c([2H])c2c(c1[2H])C[n+]1c([2H])c([2H])c([2H])c([2H])c1-2.[Ir].[Ir].[c-]1ccccc1-c1ccccn1.[c-]1ccccc1N1C=C2C=CC=CN2[CH-]1.c1ccc2c(c1)C[n+]1ccn(-c3cccc4ccccc34)c1-2. The average molecular weight is 1730 g/mol. The Morgan fingerprint density at radius 1 is 0.543 bits per heavy atom. The quantitative estimate of drug-likeness (QED) is 0.118. The van der Waals surface area contributed by atoms with Gasteiger partial charge in [-0.15, -0.1) is 60.4 Å². The topological polar surface area (TPSA) is 63.0 Å². The first kappa shape index (κ1) is 62.1. The Balaban J connectivity index is 0.000000120. The molecule has 0 bridgehead atoms. The third-order valence-corrected chi connectivity index (χ3v) is 18.3. The molecule has 20 rings (SSSR count). The fourth-order valence-electron chi connectivity index (χ4n) is 13.3. The van der Waals surface area contributed by atoms with Gasteiger partial charge < -0.3 is 19.5 Å². The number of nitrogens with zero attached hydrogens (tertiary/aromatic N) is 9. The predicted molar refractivity (Wildman–Crippen MR) is 413 cm³/mol. The Hall–Kier alpha value is -11.5. The number of imidazole rings is 2. The van der Waals surface area contributed by atoms with Gasteiger partial charge in [0.05, 0.1) is 37.8 Å². The first-order valence-electron chi connectivity index (χ1n) is 38.4. The molecule has 0 fully saturated rings. The van der Waals surface area contributed by atoms with Gasteiger partial charge in [-0.25, -0.2) is 9.13 Å². The van der Waals surface area contributed by atoms with Crippen molar-refractivity contribution in [1.82, 2.24) is 24.0 Å². The van der Waals surface area contributed by atoms with E-state index in [-0.39, 0.29) is 94.4 Å². The molecule has 0 saturated carbocycles. The number of hydrogen-bond donors (Lipinski definition) is 0. The molecular formula is C93H78Ir2N9O-. The minimum absolute atomic E-state index is 0. The maximum Gasteiger partial charge on any atom is 0.294 e. The number of fused-ring (bicyclic) bond motifs is 12. The molecule has 0 amide bonds. The van der Waals surface area contributed by atoms with Crippen molar-refractivity contribution in [2.45, 2.75) is 59.2 Å². The Bertz CT molecular complexity index is 5850. The molecule has 0 atom stereocenters. The van der Waals surface area contributed by atoms with E-state index < -0.39 is 12.1 Å². The Morgan fingerprint density at radius 2 is 1.15 bits per heavy atom. The van der Waals surface area contributed by atoms with Crippen LogP contribution >= 0.6 is 0 Å². The minimum atomic E-state index is -0.411. The van der Waals surface area contributed by atoms with Gasteiger partial charge in [0.25, 0.3) is 11.6 Å². The van der Waals surface area contributed by atoms with Crippen LogP contribution in [0.5, 0.6) is 5.75 Å². The molecule has 0 N–H and O–H groups in total. The number of anilines is 1. The van der Waals surface area contributed by atoms with Gasteiger partial charge in [-0.1, -0.05) is 203 Å². The van der Waals surface area contributed by atoms with E-state index in [1.807, 2.05) is 134 Å². The van der Waals surface area contributed by atoms with Crippen molar-refractivity contribution in [3.8, 4) is 62.4 Å². The van der Waals surface area contributed by atoms with Gasteiger partial charge in [-0.05, 0) is 89.9 Å². The normalized spacial score (nSPS) is 14.0. The van der Waals surface area contributed by atoms with E-state index >= 15 is 0 Å². The number of rotatable bonds is 7. The molecule has 14 aromatic rings. The fourth-order valence-corrected chi connectivity index (χ4v) is 13.3. The number of pyridine rings is 3. The number of ether oxygens (including phenoxy) is 1. The van der Waals surface area contributed by atoms with Gasteiger partial charge in [0, 0.05) is 109 Å². The van der Waals surface area contributed by atoms with E-state index in [1.54, 1.807) is 12.4 Å². The number of aromatic nitrogens is 7. The summed E-state index contributed by atoms with van der Waals surface area (Å²) in [5.74, 6) is 4.95. The van der Waals surface area contributed by atoms with Crippen molar-refractivity contribution in [3.05, 3.63) is 417 Å². The fraction of sp³-hybridized carbons (Fsp3) is 0.0968. The van der Waals surface area contributed by atoms with Crippen LogP contribution in [0.1, 0.15) is 89.6 Å². The second-order valence-corrected chi connectivity index (χ2v) is 25.6. The van der Waals surface area contributed by atoms with Crippen molar-refractivity contribution in [2.24, 2.45) is 0 Å². The standard InChI is InChI=1S/C22H25N2.C20H15N2.C15H10NO.C13H10N2.C12H10N.C11H8N.2Ir/c1-15(2)18-10-7-11-19(16(3)4)21(18)24-13-12-23-14-17-8-5-6-9-20(17)22(23)24;1-3-9-17-15(6-1)8-5-11-19(17)22-13-12-21-14-16-7-2-4-10-18(16)20(21)22;1-11-13(14-7-4-5-9-16-14)10-12-6-2-3-8-15(12)17-11;1-2-6-12(7-3-1)15-10-13-8-4-5-9-14(13)11-15;1-2-6-11-10(5-1)9-13-8-4-3-7-12(11)13;1-2-6-10(7-3-1)11-8-4-5-9-12-11;;/h5-13,15-16H,14H2,1-4H3;1-13H,14H2;2-9H,1H2;1-6,8-11H;1-8H,9H2;1-6,8-9H;;/q2*+1;-1;-2;+1;-1;;/i;;;;1D,2D,3D,4D,5D,6D,7D,8D;;;. The van der Waals surface area contributed by atoms with Crippen LogP contribution in [0.4, 0.5) is 5.69 Å². The molecule has 520 valence electrons. The van der Waals surface area contributed by atoms with E-state index in [2.05, 4.69) is 237 Å². The minimum Gasteiger partial charge on any atom is -0.527 e. The molecule has 0 saturated heterocycles. The van der Waals surface area contributed by atoms with Crippen LogP contribution in [0.15, 0.2) is 353 Å². The van der Waals surface area contributed by atoms with E-state index in [9.17, 15) is 0 Å². The van der Waals surface area contributed by atoms with Crippen molar-refractivity contribution >= 4 is 22.0 Å². The van der Waals surface area contributed by atoms with Crippen LogP contribution in [-0.4, -0.2) is 24.0 Å². The van der Waals surface area contributed by atoms with Gasteiger partial charge in [0.15, 0.2) is 12.7 Å². The van der Waals surface area contributed by atoms with Gasteiger partial charge in [-0.2, -0.15) is 44.0 Å². The van der Waals surface area contributed by atoms with Crippen LogP contribution in [0.2, 0.25) is 0 Å². The predicted octanol–water partition coefficient (Wildman–Crippen LogP) is 19.4. The smallest absolute Gasteiger partial charge is 0.294 e. The largest absolute Gasteiger partial charge is 0.527 e. The summed E-state index contributed by atoms with van der Waals surface area (Å²) in [6, 6.07) is 78.4.